The number of hydrogen-bond donors (Lipinski definition) is 1. The monoisotopic (exact) mass is 305 g/mol. The molecule has 114 valence electrons. The van der Waals surface area contributed by atoms with Gasteiger partial charge in [-0.25, -0.2) is 0 Å². The topological polar surface area (TPSA) is 29.1 Å². The molecule has 2 aliphatic rings. The molecular weight excluding hydrogens is 282 g/mol. The predicted molar refractivity (Wildman–Crippen MR) is 86.9 cm³/mol. The molecule has 1 aromatic carbocycles. The van der Waals surface area contributed by atoms with Crippen molar-refractivity contribution >= 4 is 17.5 Å². The number of benzene rings is 1. The summed E-state index contributed by atoms with van der Waals surface area (Å²) in [5, 5.41) is 2.94. The van der Waals surface area contributed by atoms with E-state index >= 15 is 0 Å². The van der Waals surface area contributed by atoms with E-state index in [-0.39, 0.29) is 11.3 Å². The van der Waals surface area contributed by atoms with Crippen LogP contribution < -0.4 is 5.32 Å². The van der Waals surface area contributed by atoms with Gasteiger partial charge in [0.2, 0.25) is 0 Å². The molecule has 1 N–H and O–H groups in total. The lowest BCUT2D eigenvalue weighted by Gasteiger charge is -2.23. The van der Waals surface area contributed by atoms with E-state index in [0.717, 1.165) is 42.0 Å². The zero-order valence-corrected chi connectivity index (χ0v) is 13.3. The lowest BCUT2D eigenvalue weighted by molar-refractivity contribution is 0.0946. The number of amides is 1. The van der Waals surface area contributed by atoms with Gasteiger partial charge in [-0.2, -0.15) is 0 Å². The van der Waals surface area contributed by atoms with Crippen LogP contribution in [0.4, 0.5) is 0 Å². The van der Waals surface area contributed by atoms with Crippen LogP contribution in [-0.4, -0.2) is 12.5 Å². The smallest absolute Gasteiger partial charge is 0.251 e. The Kier molecular flexibility index (Phi) is 4.84. The summed E-state index contributed by atoms with van der Waals surface area (Å²) in [5.74, 6) is 0.912. The van der Waals surface area contributed by atoms with Crippen molar-refractivity contribution in [3.63, 3.8) is 0 Å². The lowest BCUT2D eigenvalue weighted by atomic mass is 9.85. The lowest BCUT2D eigenvalue weighted by Crippen LogP contribution is -2.31. The molecule has 1 amide bonds. The van der Waals surface area contributed by atoms with E-state index in [1.807, 2.05) is 6.07 Å². The minimum atomic E-state index is 0.0342. The number of carbonyl (C=O) groups excluding carboxylic acids is 1. The van der Waals surface area contributed by atoms with Crippen molar-refractivity contribution in [3.05, 3.63) is 34.9 Å². The maximum Gasteiger partial charge on any atom is 0.251 e. The van der Waals surface area contributed by atoms with Crippen molar-refractivity contribution in [1.29, 1.82) is 0 Å². The Balaban J connectivity index is 1.63. The molecule has 0 radical (unpaired) electrons. The zero-order valence-electron chi connectivity index (χ0n) is 12.5. The molecule has 1 fully saturated rings. The van der Waals surface area contributed by atoms with Crippen molar-refractivity contribution in [2.24, 2.45) is 5.92 Å². The fourth-order valence-corrected chi connectivity index (χ4v) is 3.91. The minimum Gasteiger partial charge on any atom is -0.352 e. The summed E-state index contributed by atoms with van der Waals surface area (Å²) in [6.07, 6.45) is 10.1. The standard InChI is InChI=1S/C18H24ClNO/c19-17(9-6-13-4-2-1-3-5-13)15-8-7-14-10-11-20-18(21)16(14)12-15/h7-8,12-13,17H,1-6,9-11H2,(H,20,21). The SMILES string of the molecule is O=C1NCCc2ccc(C(Cl)CCC3CCCCC3)cc21. The van der Waals surface area contributed by atoms with E-state index in [9.17, 15) is 4.79 Å². The summed E-state index contributed by atoms with van der Waals surface area (Å²) >= 11 is 6.58. The summed E-state index contributed by atoms with van der Waals surface area (Å²) in [7, 11) is 0. The number of fused-ring (bicyclic) bond motifs is 1. The van der Waals surface area contributed by atoms with Gasteiger partial charge in [0.1, 0.15) is 0 Å². The average Bonchev–Trinajstić information content (AvgIpc) is 2.54. The van der Waals surface area contributed by atoms with Gasteiger partial charge in [-0.1, -0.05) is 44.2 Å². The zero-order chi connectivity index (χ0) is 14.7. The molecule has 21 heavy (non-hydrogen) atoms. The van der Waals surface area contributed by atoms with E-state index in [2.05, 4.69) is 17.4 Å². The predicted octanol–water partition coefficient (Wildman–Crippen LogP) is 4.61. The second-order valence-electron chi connectivity index (χ2n) is 6.47. The van der Waals surface area contributed by atoms with Gasteiger partial charge in [0, 0.05) is 12.1 Å². The molecule has 3 rings (SSSR count). The first-order chi connectivity index (χ1) is 10.2. The van der Waals surface area contributed by atoms with Gasteiger partial charge in [0.25, 0.3) is 5.91 Å². The first-order valence-corrected chi connectivity index (χ1v) is 8.73. The van der Waals surface area contributed by atoms with Crippen LogP contribution in [0.25, 0.3) is 0 Å². The van der Waals surface area contributed by atoms with Crippen molar-refractivity contribution in [2.75, 3.05) is 6.54 Å². The fraction of sp³-hybridized carbons (Fsp3) is 0.611. The van der Waals surface area contributed by atoms with Crippen molar-refractivity contribution in [3.8, 4) is 0 Å². The van der Waals surface area contributed by atoms with E-state index in [4.69, 9.17) is 11.6 Å². The van der Waals surface area contributed by atoms with Gasteiger partial charge in [-0.15, -0.1) is 11.6 Å². The molecule has 0 saturated heterocycles. The number of halogens is 1. The Morgan fingerprint density at radius 2 is 2.05 bits per heavy atom. The van der Waals surface area contributed by atoms with Crippen LogP contribution in [0.5, 0.6) is 0 Å². The Morgan fingerprint density at radius 1 is 1.24 bits per heavy atom. The van der Waals surface area contributed by atoms with Crippen LogP contribution >= 0.6 is 11.6 Å². The second-order valence-corrected chi connectivity index (χ2v) is 7.00. The molecule has 1 unspecified atom stereocenters. The first kappa shape index (κ1) is 14.9. The van der Waals surface area contributed by atoms with Crippen LogP contribution in [0.2, 0.25) is 0 Å². The average molecular weight is 306 g/mol. The Hall–Kier alpha value is -1.02. The largest absolute Gasteiger partial charge is 0.352 e. The van der Waals surface area contributed by atoms with Gasteiger partial charge in [0.05, 0.1) is 5.38 Å². The Morgan fingerprint density at radius 3 is 2.86 bits per heavy atom. The minimum absolute atomic E-state index is 0.0342. The molecule has 1 aliphatic carbocycles. The third-order valence-corrected chi connectivity index (χ3v) is 5.44. The first-order valence-electron chi connectivity index (χ1n) is 8.29. The fourth-order valence-electron chi connectivity index (χ4n) is 3.65. The third kappa shape index (κ3) is 3.60. The number of carbonyl (C=O) groups is 1. The van der Waals surface area contributed by atoms with Gasteiger partial charge in [-0.05, 0) is 42.4 Å². The Labute approximate surface area is 132 Å². The number of hydrogen-bond acceptors (Lipinski definition) is 1. The quantitative estimate of drug-likeness (QED) is 0.808. The summed E-state index contributed by atoms with van der Waals surface area (Å²) < 4.78 is 0. The number of alkyl halides is 1. The highest BCUT2D eigenvalue weighted by Gasteiger charge is 2.20. The molecule has 1 atom stereocenters. The number of nitrogens with one attached hydrogen (secondary N) is 1. The maximum absolute atomic E-state index is 11.9. The Bertz CT molecular complexity index is 508. The molecule has 1 aromatic rings. The van der Waals surface area contributed by atoms with Crippen LogP contribution in [0.1, 0.15) is 71.8 Å². The van der Waals surface area contributed by atoms with Crippen LogP contribution in [-0.2, 0) is 6.42 Å². The molecule has 0 aromatic heterocycles. The summed E-state index contributed by atoms with van der Waals surface area (Å²) in [4.78, 5) is 11.9. The summed E-state index contributed by atoms with van der Waals surface area (Å²) in [6.45, 7) is 0.747. The van der Waals surface area contributed by atoms with Crippen molar-refractivity contribution in [2.45, 2.75) is 56.7 Å². The summed E-state index contributed by atoms with van der Waals surface area (Å²) in [5.41, 5.74) is 3.07. The number of rotatable bonds is 4. The molecule has 3 heteroatoms. The van der Waals surface area contributed by atoms with Crippen LogP contribution in [0, 0.1) is 5.92 Å². The highest BCUT2D eigenvalue weighted by molar-refractivity contribution is 6.20. The van der Waals surface area contributed by atoms with E-state index in [0.29, 0.717) is 0 Å². The highest BCUT2D eigenvalue weighted by atomic mass is 35.5. The van der Waals surface area contributed by atoms with E-state index in [1.54, 1.807) is 0 Å². The van der Waals surface area contributed by atoms with Gasteiger partial charge >= 0.3 is 0 Å². The third-order valence-electron chi connectivity index (χ3n) is 4.97. The molecule has 0 bridgehead atoms. The molecule has 2 nitrogen and oxygen atoms in total. The molecular formula is C18H24ClNO. The van der Waals surface area contributed by atoms with Crippen molar-refractivity contribution < 1.29 is 4.79 Å². The van der Waals surface area contributed by atoms with Gasteiger partial charge in [-0.3, -0.25) is 4.79 Å². The molecule has 1 saturated carbocycles. The van der Waals surface area contributed by atoms with Gasteiger partial charge < -0.3 is 5.32 Å². The normalized spacial score (nSPS) is 20.7. The van der Waals surface area contributed by atoms with Crippen LogP contribution in [0.3, 0.4) is 0 Å². The van der Waals surface area contributed by atoms with Gasteiger partial charge in [0.15, 0.2) is 0 Å². The maximum atomic E-state index is 11.9. The molecule has 1 aliphatic heterocycles. The van der Waals surface area contributed by atoms with E-state index < -0.39 is 0 Å². The van der Waals surface area contributed by atoms with E-state index in [1.165, 1.54) is 38.5 Å². The van der Waals surface area contributed by atoms with Crippen molar-refractivity contribution in [1.82, 2.24) is 5.32 Å². The molecule has 1 heterocycles. The highest BCUT2D eigenvalue weighted by Crippen LogP contribution is 2.33. The summed E-state index contributed by atoms with van der Waals surface area (Å²) in [6, 6.07) is 6.19. The van der Waals surface area contributed by atoms with Crippen LogP contribution in [0.15, 0.2) is 18.2 Å². The molecule has 0 spiro atoms. The second kappa shape index (κ2) is 6.83.